The Balaban J connectivity index is 2.00. The van der Waals surface area contributed by atoms with Crippen LogP contribution >= 0.6 is 0 Å². The molecule has 0 bridgehead atoms. The van der Waals surface area contributed by atoms with Gasteiger partial charge >= 0.3 is 0 Å². The van der Waals surface area contributed by atoms with Crippen LogP contribution in [0.2, 0.25) is 0 Å². The van der Waals surface area contributed by atoms with Crippen molar-refractivity contribution in [3.05, 3.63) is 18.3 Å². The van der Waals surface area contributed by atoms with Gasteiger partial charge in [-0.05, 0) is 30.9 Å². The third-order valence-corrected chi connectivity index (χ3v) is 3.52. The maximum atomic E-state index is 11.6. The summed E-state index contributed by atoms with van der Waals surface area (Å²) in [6.45, 7) is 8.20. The predicted molar refractivity (Wildman–Crippen MR) is 78.3 cm³/mol. The Morgan fingerprint density at radius 2 is 2.26 bits per heavy atom. The lowest BCUT2D eigenvalue weighted by Gasteiger charge is -2.31. The third-order valence-electron chi connectivity index (χ3n) is 3.52. The molecule has 1 aliphatic rings. The molecule has 1 N–H and O–H groups in total. The minimum atomic E-state index is -0.0115. The molecule has 1 unspecified atom stereocenters. The quantitative estimate of drug-likeness (QED) is 0.910. The van der Waals surface area contributed by atoms with Gasteiger partial charge < -0.3 is 10.2 Å². The van der Waals surface area contributed by atoms with Gasteiger partial charge in [0.2, 0.25) is 5.91 Å². The third kappa shape index (κ3) is 3.69. The van der Waals surface area contributed by atoms with Gasteiger partial charge in [-0.2, -0.15) is 0 Å². The van der Waals surface area contributed by atoms with Gasteiger partial charge in [-0.3, -0.25) is 4.79 Å². The summed E-state index contributed by atoms with van der Waals surface area (Å²) in [6.07, 6.45) is 4.28. The Hall–Kier alpha value is -1.58. The minimum Gasteiger partial charge on any atom is -0.356 e. The SMILES string of the molecule is CC1CCCN(c2ccc(NC(=O)C(C)C)cn2)C1. The molecule has 2 heterocycles. The second kappa shape index (κ2) is 6.04. The Bertz CT molecular complexity index is 428. The number of aromatic nitrogens is 1. The van der Waals surface area contributed by atoms with Crippen molar-refractivity contribution in [1.82, 2.24) is 4.98 Å². The molecular weight excluding hydrogens is 238 g/mol. The highest BCUT2D eigenvalue weighted by Gasteiger charge is 2.17. The normalized spacial score (nSPS) is 19.6. The van der Waals surface area contributed by atoms with Crippen LogP contribution < -0.4 is 10.2 Å². The fourth-order valence-electron chi connectivity index (χ4n) is 2.33. The Morgan fingerprint density at radius 1 is 1.47 bits per heavy atom. The van der Waals surface area contributed by atoms with Crippen molar-refractivity contribution >= 4 is 17.4 Å². The van der Waals surface area contributed by atoms with Crippen molar-refractivity contribution in [2.24, 2.45) is 11.8 Å². The smallest absolute Gasteiger partial charge is 0.226 e. The van der Waals surface area contributed by atoms with E-state index in [1.165, 1.54) is 12.8 Å². The standard InChI is InChI=1S/C15H23N3O/c1-11(2)15(19)17-13-6-7-14(16-9-13)18-8-4-5-12(3)10-18/h6-7,9,11-12H,4-5,8,10H2,1-3H3,(H,17,19). The van der Waals surface area contributed by atoms with Crippen molar-refractivity contribution in [3.8, 4) is 0 Å². The van der Waals surface area contributed by atoms with Gasteiger partial charge in [-0.25, -0.2) is 4.98 Å². The monoisotopic (exact) mass is 261 g/mol. The summed E-state index contributed by atoms with van der Waals surface area (Å²) in [5.41, 5.74) is 0.771. The van der Waals surface area contributed by atoms with Gasteiger partial charge in [0.1, 0.15) is 5.82 Å². The lowest BCUT2D eigenvalue weighted by molar-refractivity contribution is -0.118. The van der Waals surface area contributed by atoms with Gasteiger partial charge in [0.15, 0.2) is 0 Å². The van der Waals surface area contributed by atoms with Crippen LogP contribution in [0.4, 0.5) is 11.5 Å². The number of carbonyl (C=O) groups is 1. The maximum absolute atomic E-state index is 11.6. The first kappa shape index (κ1) is 13.8. The van der Waals surface area contributed by atoms with Crippen molar-refractivity contribution in [2.75, 3.05) is 23.3 Å². The predicted octanol–water partition coefficient (Wildman–Crippen LogP) is 2.91. The van der Waals surface area contributed by atoms with Crippen LogP contribution in [-0.4, -0.2) is 24.0 Å². The van der Waals surface area contributed by atoms with Crippen LogP contribution in [0.25, 0.3) is 0 Å². The van der Waals surface area contributed by atoms with Crippen LogP contribution in [-0.2, 0) is 4.79 Å². The lowest BCUT2D eigenvalue weighted by Crippen LogP contribution is -2.34. The molecule has 4 nitrogen and oxygen atoms in total. The van der Waals surface area contributed by atoms with Crippen molar-refractivity contribution in [1.29, 1.82) is 0 Å². The summed E-state index contributed by atoms with van der Waals surface area (Å²) >= 11 is 0. The van der Waals surface area contributed by atoms with Gasteiger partial charge in [0, 0.05) is 19.0 Å². The molecule has 1 aromatic heterocycles. The minimum absolute atomic E-state index is 0.0115. The van der Waals surface area contributed by atoms with E-state index in [1.807, 2.05) is 26.0 Å². The number of hydrogen-bond donors (Lipinski definition) is 1. The van der Waals surface area contributed by atoms with Crippen molar-refractivity contribution < 1.29 is 4.79 Å². The summed E-state index contributed by atoms with van der Waals surface area (Å²) < 4.78 is 0. The Labute approximate surface area is 115 Å². The molecule has 0 aliphatic carbocycles. The molecule has 0 spiro atoms. The number of carbonyl (C=O) groups excluding carboxylic acids is 1. The van der Waals surface area contributed by atoms with Crippen molar-refractivity contribution in [3.63, 3.8) is 0 Å². The molecule has 104 valence electrons. The van der Waals surface area contributed by atoms with E-state index in [4.69, 9.17) is 0 Å². The van der Waals surface area contributed by atoms with E-state index in [0.29, 0.717) is 0 Å². The topological polar surface area (TPSA) is 45.2 Å². The fraction of sp³-hybridized carbons (Fsp3) is 0.600. The van der Waals surface area contributed by atoms with E-state index in [0.717, 1.165) is 30.5 Å². The first-order chi connectivity index (χ1) is 9.06. The van der Waals surface area contributed by atoms with Gasteiger partial charge in [0.25, 0.3) is 0 Å². The number of amides is 1. The summed E-state index contributed by atoms with van der Waals surface area (Å²) in [5.74, 6) is 1.76. The Morgan fingerprint density at radius 3 is 2.84 bits per heavy atom. The van der Waals surface area contributed by atoms with E-state index < -0.39 is 0 Å². The zero-order valence-electron chi connectivity index (χ0n) is 12.0. The molecule has 0 radical (unpaired) electrons. The highest BCUT2D eigenvalue weighted by molar-refractivity contribution is 5.91. The second-order valence-corrected chi connectivity index (χ2v) is 5.74. The zero-order chi connectivity index (χ0) is 13.8. The summed E-state index contributed by atoms with van der Waals surface area (Å²) in [6, 6.07) is 3.93. The van der Waals surface area contributed by atoms with Crippen molar-refractivity contribution in [2.45, 2.75) is 33.6 Å². The van der Waals surface area contributed by atoms with Crippen LogP contribution in [0.5, 0.6) is 0 Å². The molecular formula is C15H23N3O. The summed E-state index contributed by atoms with van der Waals surface area (Å²) in [7, 11) is 0. The molecule has 1 aromatic rings. The number of rotatable bonds is 3. The van der Waals surface area contributed by atoms with E-state index in [1.54, 1.807) is 6.20 Å². The molecule has 1 saturated heterocycles. The Kier molecular flexibility index (Phi) is 4.40. The number of hydrogen-bond acceptors (Lipinski definition) is 3. The molecule has 1 aliphatic heterocycles. The lowest BCUT2D eigenvalue weighted by atomic mass is 10.0. The number of pyridine rings is 1. The van der Waals surface area contributed by atoms with Crippen LogP contribution in [0.1, 0.15) is 33.6 Å². The van der Waals surface area contributed by atoms with E-state index >= 15 is 0 Å². The molecule has 2 rings (SSSR count). The molecule has 0 saturated carbocycles. The number of anilines is 2. The first-order valence-corrected chi connectivity index (χ1v) is 7.08. The van der Waals surface area contributed by atoms with E-state index in [-0.39, 0.29) is 11.8 Å². The fourth-order valence-corrected chi connectivity index (χ4v) is 2.33. The molecule has 1 atom stereocenters. The van der Waals surface area contributed by atoms with Gasteiger partial charge in [-0.1, -0.05) is 20.8 Å². The molecule has 1 fully saturated rings. The largest absolute Gasteiger partial charge is 0.356 e. The van der Waals surface area contributed by atoms with E-state index in [2.05, 4.69) is 22.1 Å². The highest BCUT2D eigenvalue weighted by atomic mass is 16.1. The number of piperidine rings is 1. The maximum Gasteiger partial charge on any atom is 0.226 e. The summed E-state index contributed by atoms with van der Waals surface area (Å²) in [5, 5.41) is 2.86. The number of nitrogens with one attached hydrogen (secondary N) is 1. The average molecular weight is 261 g/mol. The molecule has 19 heavy (non-hydrogen) atoms. The summed E-state index contributed by atoms with van der Waals surface area (Å²) in [4.78, 5) is 18.4. The number of nitrogens with zero attached hydrogens (tertiary/aromatic N) is 2. The first-order valence-electron chi connectivity index (χ1n) is 7.08. The van der Waals surface area contributed by atoms with Gasteiger partial charge in [-0.15, -0.1) is 0 Å². The molecule has 1 amide bonds. The zero-order valence-corrected chi connectivity index (χ0v) is 12.0. The highest BCUT2D eigenvalue weighted by Crippen LogP contribution is 2.22. The second-order valence-electron chi connectivity index (χ2n) is 5.74. The molecule has 4 heteroatoms. The average Bonchev–Trinajstić information content (AvgIpc) is 2.39. The molecule has 0 aromatic carbocycles. The van der Waals surface area contributed by atoms with E-state index in [9.17, 15) is 4.79 Å². The van der Waals surface area contributed by atoms with Crippen LogP contribution in [0, 0.1) is 11.8 Å². The van der Waals surface area contributed by atoms with Gasteiger partial charge in [0.05, 0.1) is 11.9 Å². The van der Waals surface area contributed by atoms with Crippen LogP contribution in [0.15, 0.2) is 18.3 Å². The van der Waals surface area contributed by atoms with Crippen LogP contribution in [0.3, 0.4) is 0 Å².